The monoisotopic (exact) mass is 386 g/mol. The minimum atomic E-state index is -0.553. The Morgan fingerprint density at radius 3 is 2.14 bits per heavy atom. The summed E-state index contributed by atoms with van der Waals surface area (Å²) in [7, 11) is 0. The fourth-order valence-electron chi connectivity index (χ4n) is 3.35. The molecule has 0 aliphatic rings. The molecule has 0 saturated heterocycles. The van der Waals surface area contributed by atoms with E-state index >= 15 is 0 Å². The predicted molar refractivity (Wildman–Crippen MR) is 113 cm³/mol. The second kappa shape index (κ2) is 7.83. The number of nitrogens with zero attached hydrogens (tertiary/aromatic N) is 2. The van der Waals surface area contributed by atoms with Crippen molar-refractivity contribution >= 4 is 17.4 Å². The summed E-state index contributed by atoms with van der Waals surface area (Å²) in [4.78, 5) is 13.5. The summed E-state index contributed by atoms with van der Waals surface area (Å²) < 4.78 is 1.82. The van der Waals surface area contributed by atoms with E-state index in [1.807, 2.05) is 103 Å². The number of aromatic nitrogens is 2. The number of hydrogen-bond acceptors (Lipinski definition) is 2. The average Bonchev–Trinajstić information content (AvgIpc) is 3.11. The minimum absolute atomic E-state index is 0.00473. The van der Waals surface area contributed by atoms with Crippen LogP contribution in [0.5, 0.6) is 0 Å². The second-order valence-electron chi connectivity index (χ2n) is 6.67. The van der Waals surface area contributed by atoms with Crippen LogP contribution in [0.1, 0.15) is 27.7 Å². The van der Waals surface area contributed by atoms with Crippen molar-refractivity contribution in [2.24, 2.45) is 0 Å². The van der Waals surface area contributed by atoms with Crippen LogP contribution in [0.15, 0.2) is 91.0 Å². The highest BCUT2D eigenvalue weighted by atomic mass is 35.5. The van der Waals surface area contributed by atoms with Gasteiger partial charge in [0.25, 0.3) is 0 Å². The molecule has 0 amide bonds. The first-order valence-electron chi connectivity index (χ1n) is 9.10. The number of rotatable bonds is 5. The number of benzene rings is 3. The van der Waals surface area contributed by atoms with Crippen LogP contribution in [-0.2, 0) is 0 Å². The van der Waals surface area contributed by atoms with Gasteiger partial charge in [0.05, 0.1) is 11.4 Å². The van der Waals surface area contributed by atoms with Gasteiger partial charge in [-0.15, -0.1) is 0 Å². The first kappa shape index (κ1) is 18.2. The van der Waals surface area contributed by atoms with Gasteiger partial charge in [0.15, 0.2) is 5.78 Å². The van der Waals surface area contributed by atoms with Crippen molar-refractivity contribution in [2.75, 3.05) is 0 Å². The van der Waals surface area contributed by atoms with Crippen molar-refractivity contribution in [1.82, 2.24) is 9.78 Å². The number of hydrogen-bond donors (Lipinski definition) is 0. The van der Waals surface area contributed by atoms with Crippen LogP contribution < -0.4 is 0 Å². The molecular formula is C24H19ClN2O. The smallest absolute Gasteiger partial charge is 0.191 e. The Morgan fingerprint density at radius 1 is 0.893 bits per heavy atom. The third-order valence-corrected chi connectivity index (χ3v) is 4.92. The molecule has 0 N–H and O–H groups in total. The molecule has 0 radical (unpaired) electrons. The molecular weight excluding hydrogens is 368 g/mol. The summed E-state index contributed by atoms with van der Waals surface area (Å²) in [5.74, 6) is 0.00473. The highest BCUT2D eigenvalue weighted by Gasteiger charge is 2.27. The van der Waals surface area contributed by atoms with Crippen LogP contribution in [0, 0.1) is 6.92 Å². The standard InChI is InChI=1S/C24H19ClN2O/c1-17-16-22(18-12-14-21(25)15-13-18)27(26-17)23(19-8-4-2-5-9-19)24(28)20-10-6-3-7-11-20/h2-16,23H,1H3. The molecule has 3 nitrogen and oxygen atoms in total. The van der Waals surface area contributed by atoms with E-state index in [1.165, 1.54) is 0 Å². The number of carbonyl (C=O) groups is 1. The van der Waals surface area contributed by atoms with E-state index in [9.17, 15) is 4.79 Å². The van der Waals surface area contributed by atoms with Gasteiger partial charge in [-0.1, -0.05) is 84.4 Å². The van der Waals surface area contributed by atoms with Crippen molar-refractivity contribution in [3.05, 3.63) is 113 Å². The second-order valence-corrected chi connectivity index (χ2v) is 7.10. The molecule has 0 aliphatic carbocycles. The topological polar surface area (TPSA) is 34.9 Å². The molecule has 1 atom stereocenters. The zero-order chi connectivity index (χ0) is 19.5. The molecule has 0 spiro atoms. The molecule has 0 bridgehead atoms. The Kier molecular flexibility index (Phi) is 5.09. The maximum atomic E-state index is 13.5. The Bertz CT molecular complexity index is 1090. The van der Waals surface area contributed by atoms with E-state index in [2.05, 4.69) is 0 Å². The molecule has 1 heterocycles. The molecule has 28 heavy (non-hydrogen) atoms. The number of carbonyl (C=O) groups excluding carboxylic acids is 1. The fourth-order valence-corrected chi connectivity index (χ4v) is 3.47. The molecule has 1 aromatic heterocycles. The summed E-state index contributed by atoms with van der Waals surface area (Å²) in [6, 6.07) is 28.2. The molecule has 4 rings (SSSR count). The zero-order valence-corrected chi connectivity index (χ0v) is 16.2. The van der Waals surface area contributed by atoms with Crippen LogP contribution in [0.2, 0.25) is 5.02 Å². The van der Waals surface area contributed by atoms with Gasteiger partial charge in [0.1, 0.15) is 6.04 Å². The van der Waals surface area contributed by atoms with E-state index < -0.39 is 6.04 Å². The molecule has 0 fully saturated rings. The molecule has 0 saturated carbocycles. The summed E-state index contributed by atoms with van der Waals surface area (Å²) in [5.41, 5.74) is 4.26. The molecule has 3 aromatic carbocycles. The Balaban J connectivity index is 1.89. The Morgan fingerprint density at radius 2 is 1.50 bits per heavy atom. The zero-order valence-electron chi connectivity index (χ0n) is 15.4. The SMILES string of the molecule is Cc1cc(-c2ccc(Cl)cc2)n(C(C(=O)c2ccccc2)c2ccccc2)n1. The van der Waals surface area contributed by atoms with E-state index in [0.717, 1.165) is 22.5 Å². The summed E-state index contributed by atoms with van der Waals surface area (Å²) >= 11 is 6.06. The van der Waals surface area contributed by atoms with Gasteiger partial charge < -0.3 is 0 Å². The molecule has 0 aliphatic heterocycles. The third kappa shape index (κ3) is 3.62. The highest BCUT2D eigenvalue weighted by Crippen LogP contribution is 2.30. The van der Waals surface area contributed by atoms with Crippen LogP contribution in [0.25, 0.3) is 11.3 Å². The quantitative estimate of drug-likeness (QED) is 0.395. The van der Waals surface area contributed by atoms with E-state index in [4.69, 9.17) is 16.7 Å². The molecule has 138 valence electrons. The number of Topliss-reactive ketones (excluding diaryl/α,β-unsaturated/α-hetero) is 1. The lowest BCUT2D eigenvalue weighted by Gasteiger charge is -2.20. The predicted octanol–water partition coefficient (Wildman–Crippen LogP) is 5.98. The first-order valence-corrected chi connectivity index (χ1v) is 9.47. The highest BCUT2D eigenvalue weighted by molar-refractivity contribution is 6.30. The van der Waals surface area contributed by atoms with Crippen molar-refractivity contribution in [2.45, 2.75) is 13.0 Å². The summed E-state index contributed by atoms with van der Waals surface area (Å²) in [6.07, 6.45) is 0. The third-order valence-electron chi connectivity index (χ3n) is 4.66. The van der Waals surface area contributed by atoms with Gasteiger partial charge in [-0.25, -0.2) is 4.68 Å². The van der Waals surface area contributed by atoms with Gasteiger partial charge in [-0.05, 0) is 36.2 Å². The van der Waals surface area contributed by atoms with E-state index in [1.54, 1.807) is 0 Å². The number of aryl methyl sites for hydroxylation is 1. The normalized spacial score (nSPS) is 11.9. The molecule has 4 aromatic rings. The number of ketones is 1. The largest absolute Gasteiger partial charge is 0.291 e. The minimum Gasteiger partial charge on any atom is -0.291 e. The van der Waals surface area contributed by atoms with Crippen LogP contribution in [0.4, 0.5) is 0 Å². The van der Waals surface area contributed by atoms with Gasteiger partial charge in [-0.2, -0.15) is 5.10 Å². The Labute approximate surface area is 169 Å². The summed E-state index contributed by atoms with van der Waals surface area (Å²) in [5, 5.41) is 5.37. The number of halogens is 1. The Hall–Kier alpha value is -3.17. The lowest BCUT2D eigenvalue weighted by Crippen LogP contribution is -2.23. The van der Waals surface area contributed by atoms with Crippen LogP contribution in [-0.4, -0.2) is 15.6 Å². The molecule has 1 unspecified atom stereocenters. The maximum absolute atomic E-state index is 13.5. The van der Waals surface area contributed by atoms with E-state index in [-0.39, 0.29) is 5.78 Å². The lowest BCUT2D eigenvalue weighted by molar-refractivity contribution is 0.0940. The van der Waals surface area contributed by atoms with Crippen LogP contribution >= 0.6 is 11.6 Å². The van der Waals surface area contributed by atoms with Gasteiger partial charge >= 0.3 is 0 Å². The summed E-state index contributed by atoms with van der Waals surface area (Å²) in [6.45, 7) is 1.94. The first-order chi connectivity index (χ1) is 13.6. The average molecular weight is 387 g/mol. The van der Waals surface area contributed by atoms with Crippen molar-refractivity contribution in [3.8, 4) is 11.3 Å². The van der Waals surface area contributed by atoms with Gasteiger partial charge in [0.2, 0.25) is 0 Å². The maximum Gasteiger partial charge on any atom is 0.191 e. The van der Waals surface area contributed by atoms with Crippen molar-refractivity contribution < 1.29 is 4.79 Å². The van der Waals surface area contributed by atoms with E-state index in [0.29, 0.717) is 10.6 Å². The van der Waals surface area contributed by atoms with Crippen molar-refractivity contribution in [1.29, 1.82) is 0 Å². The van der Waals surface area contributed by atoms with Crippen LogP contribution in [0.3, 0.4) is 0 Å². The lowest BCUT2D eigenvalue weighted by atomic mass is 9.97. The van der Waals surface area contributed by atoms with Gasteiger partial charge in [0, 0.05) is 10.6 Å². The van der Waals surface area contributed by atoms with Gasteiger partial charge in [-0.3, -0.25) is 4.79 Å². The fraction of sp³-hybridized carbons (Fsp3) is 0.0833. The van der Waals surface area contributed by atoms with Crippen molar-refractivity contribution in [3.63, 3.8) is 0 Å². The molecule has 4 heteroatoms.